The lowest BCUT2D eigenvalue weighted by Gasteiger charge is -2.60. The number of hydrogen-bond acceptors (Lipinski definition) is 3. The van der Waals surface area contributed by atoms with Crippen LogP contribution in [0.15, 0.2) is 0 Å². The fraction of sp³-hybridized carbons (Fsp3) is 0.769. The highest BCUT2D eigenvalue weighted by atomic mass is 16.5. The molecule has 1 amide bonds. The van der Waals surface area contributed by atoms with E-state index >= 15 is 0 Å². The monoisotopic (exact) mass is 239 g/mol. The molecule has 1 rings (SSSR count). The lowest BCUT2D eigenvalue weighted by Crippen LogP contribution is -2.74. The zero-order valence-corrected chi connectivity index (χ0v) is 11.0. The highest BCUT2D eigenvalue weighted by Crippen LogP contribution is 2.51. The maximum atomic E-state index is 11.5. The Bertz CT molecular complexity index is 353. The maximum absolute atomic E-state index is 11.5. The van der Waals surface area contributed by atoms with Crippen molar-refractivity contribution in [3.63, 3.8) is 0 Å². The molecule has 0 aromatic rings. The molecule has 0 unspecified atom stereocenters. The molecule has 4 heteroatoms. The number of aliphatic hydroxyl groups excluding tert-OH is 1. The third-order valence-electron chi connectivity index (χ3n) is 3.80. The van der Waals surface area contributed by atoms with Crippen LogP contribution in [0.4, 0.5) is 0 Å². The van der Waals surface area contributed by atoms with E-state index in [1.54, 1.807) is 6.92 Å². The Labute approximate surface area is 103 Å². The zero-order chi connectivity index (χ0) is 13.1. The molecule has 0 aromatic carbocycles. The normalized spacial score (nSPS) is 29.8. The summed E-state index contributed by atoms with van der Waals surface area (Å²) in [7, 11) is 0. The standard InChI is InChI=1S/C13H21NO3/c1-5-7-11(16)14-13(9-15)8-10(17-6-2)12(13,3)4/h10,15H,6,8-9H2,1-4H3,(H,14,16)/t10-,13-/m1/s1. The Kier molecular flexibility index (Phi) is 4.18. The molecule has 4 nitrogen and oxygen atoms in total. The summed E-state index contributed by atoms with van der Waals surface area (Å²) in [5.41, 5.74) is -0.906. The molecule has 96 valence electrons. The average molecular weight is 239 g/mol. The second kappa shape index (κ2) is 5.07. The number of hydrogen-bond donors (Lipinski definition) is 2. The predicted octanol–water partition coefficient (Wildman–Crippen LogP) is 0.692. The first kappa shape index (κ1) is 14.0. The van der Waals surface area contributed by atoms with Crippen LogP contribution in [-0.4, -0.2) is 35.9 Å². The number of rotatable bonds is 4. The molecule has 0 radical (unpaired) electrons. The van der Waals surface area contributed by atoms with Gasteiger partial charge in [0.1, 0.15) is 0 Å². The van der Waals surface area contributed by atoms with Gasteiger partial charge in [-0.15, -0.1) is 0 Å². The second-order valence-corrected chi connectivity index (χ2v) is 4.94. The molecular weight excluding hydrogens is 218 g/mol. The molecule has 0 bridgehead atoms. The fourth-order valence-electron chi connectivity index (χ4n) is 2.36. The highest BCUT2D eigenvalue weighted by Gasteiger charge is 2.61. The highest BCUT2D eigenvalue weighted by molar-refractivity contribution is 5.94. The number of carbonyl (C=O) groups excluding carboxylic acids is 1. The van der Waals surface area contributed by atoms with Gasteiger partial charge in [0.25, 0.3) is 5.91 Å². The summed E-state index contributed by atoms with van der Waals surface area (Å²) in [6, 6.07) is 0. The van der Waals surface area contributed by atoms with Gasteiger partial charge in [0.15, 0.2) is 0 Å². The topological polar surface area (TPSA) is 58.6 Å². The minimum Gasteiger partial charge on any atom is -0.394 e. The van der Waals surface area contributed by atoms with E-state index in [4.69, 9.17) is 4.74 Å². The van der Waals surface area contributed by atoms with Crippen molar-refractivity contribution < 1.29 is 14.6 Å². The fourth-order valence-corrected chi connectivity index (χ4v) is 2.36. The number of ether oxygens (including phenoxy) is 1. The molecule has 0 saturated heterocycles. The molecule has 0 aliphatic heterocycles. The Morgan fingerprint density at radius 3 is 2.65 bits per heavy atom. The van der Waals surface area contributed by atoms with Crippen molar-refractivity contribution in [3.8, 4) is 11.8 Å². The molecule has 1 aliphatic rings. The van der Waals surface area contributed by atoms with Gasteiger partial charge in [-0.3, -0.25) is 4.79 Å². The van der Waals surface area contributed by atoms with E-state index in [2.05, 4.69) is 17.2 Å². The summed E-state index contributed by atoms with van der Waals surface area (Å²) in [5, 5.41) is 12.4. The van der Waals surface area contributed by atoms with E-state index in [1.807, 2.05) is 20.8 Å². The SMILES string of the molecule is CC#CC(=O)N[C@@]1(CO)C[C@@H](OCC)C1(C)C. The van der Waals surface area contributed by atoms with Gasteiger partial charge in [0.2, 0.25) is 0 Å². The van der Waals surface area contributed by atoms with Gasteiger partial charge >= 0.3 is 0 Å². The van der Waals surface area contributed by atoms with Gasteiger partial charge in [-0.1, -0.05) is 19.8 Å². The van der Waals surface area contributed by atoms with Gasteiger partial charge < -0.3 is 15.2 Å². The number of carbonyl (C=O) groups is 1. The molecule has 0 heterocycles. The van der Waals surface area contributed by atoms with Crippen molar-refractivity contribution in [3.05, 3.63) is 0 Å². The van der Waals surface area contributed by atoms with Gasteiger partial charge in [-0.2, -0.15) is 0 Å². The molecule has 1 saturated carbocycles. The minimum absolute atomic E-state index is 0.0644. The van der Waals surface area contributed by atoms with Crippen LogP contribution in [0.25, 0.3) is 0 Å². The van der Waals surface area contributed by atoms with Gasteiger partial charge in [-0.05, 0) is 19.8 Å². The van der Waals surface area contributed by atoms with E-state index in [0.29, 0.717) is 13.0 Å². The number of nitrogens with one attached hydrogen (secondary N) is 1. The quantitative estimate of drug-likeness (QED) is 0.710. The van der Waals surface area contributed by atoms with Crippen LogP contribution in [-0.2, 0) is 9.53 Å². The Morgan fingerprint density at radius 1 is 1.59 bits per heavy atom. The summed E-state index contributed by atoms with van der Waals surface area (Å²) >= 11 is 0. The van der Waals surface area contributed by atoms with Crippen molar-refractivity contribution in [1.82, 2.24) is 5.32 Å². The first-order valence-electron chi connectivity index (χ1n) is 5.91. The third kappa shape index (κ3) is 2.31. The lowest BCUT2D eigenvalue weighted by atomic mass is 9.54. The van der Waals surface area contributed by atoms with E-state index in [0.717, 1.165) is 0 Å². The van der Waals surface area contributed by atoms with Crippen molar-refractivity contribution in [1.29, 1.82) is 0 Å². The van der Waals surface area contributed by atoms with Crippen LogP contribution in [0.1, 0.15) is 34.1 Å². The Morgan fingerprint density at radius 2 is 2.24 bits per heavy atom. The maximum Gasteiger partial charge on any atom is 0.296 e. The van der Waals surface area contributed by atoms with Crippen LogP contribution < -0.4 is 5.32 Å². The van der Waals surface area contributed by atoms with Crippen molar-refractivity contribution in [2.45, 2.75) is 45.8 Å². The van der Waals surface area contributed by atoms with Gasteiger partial charge in [-0.25, -0.2) is 0 Å². The van der Waals surface area contributed by atoms with E-state index < -0.39 is 5.54 Å². The average Bonchev–Trinajstić information content (AvgIpc) is 2.27. The minimum atomic E-state index is -0.617. The molecule has 1 aliphatic carbocycles. The van der Waals surface area contributed by atoms with Gasteiger partial charge in [0.05, 0.1) is 18.2 Å². The first-order chi connectivity index (χ1) is 7.93. The summed E-state index contributed by atoms with van der Waals surface area (Å²) in [6.45, 7) is 8.08. The van der Waals surface area contributed by atoms with E-state index in [-0.39, 0.29) is 24.0 Å². The van der Waals surface area contributed by atoms with Crippen LogP contribution in [0.3, 0.4) is 0 Å². The lowest BCUT2D eigenvalue weighted by molar-refractivity contribution is -0.179. The summed E-state index contributed by atoms with van der Waals surface area (Å²) in [6.07, 6.45) is 0.691. The van der Waals surface area contributed by atoms with E-state index in [1.165, 1.54) is 0 Å². The third-order valence-corrected chi connectivity index (χ3v) is 3.80. The Balaban J connectivity index is 2.78. The second-order valence-electron chi connectivity index (χ2n) is 4.94. The molecular formula is C13H21NO3. The van der Waals surface area contributed by atoms with Crippen LogP contribution in [0, 0.1) is 17.3 Å². The summed E-state index contributed by atoms with van der Waals surface area (Å²) in [4.78, 5) is 11.5. The van der Waals surface area contributed by atoms with E-state index in [9.17, 15) is 9.90 Å². The number of amides is 1. The first-order valence-corrected chi connectivity index (χ1v) is 5.91. The Hall–Kier alpha value is -1.05. The molecule has 0 spiro atoms. The van der Waals surface area contributed by atoms with Gasteiger partial charge in [0, 0.05) is 18.4 Å². The van der Waals surface area contributed by atoms with Crippen LogP contribution in [0.5, 0.6) is 0 Å². The van der Waals surface area contributed by atoms with Crippen molar-refractivity contribution in [2.24, 2.45) is 5.41 Å². The zero-order valence-electron chi connectivity index (χ0n) is 11.0. The van der Waals surface area contributed by atoms with Crippen molar-refractivity contribution in [2.75, 3.05) is 13.2 Å². The summed E-state index contributed by atoms with van der Waals surface area (Å²) < 4.78 is 5.59. The largest absolute Gasteiger partial charge is 0.394 e. The molecule has 0 aromatic heterocycles. The molecule has 2 atom stereocenters. The molecule has 2 N–H and O–H groups in total. The number of aliphatic hydroxyl groups is 1. The molecule has 17 heavy (non-hydrogen) atoms. The summed E-state index contributed by atoms with van der Waals surface area (Å²) in [5.74, 6) is 4.64. The smallest absolute Gasteiger partial charge is 0.296 e. The van der Waals surface area contributed by atoms with Crippen LogP contribution >= 0.6 is 0 Å². The molecule has 1 fully saturated rings. The van der Waals surface area contributed by atoms with Crippen molar-refractivity contribution >= 4 is 5.91 Å². The predicted molar refractivity (Wildman–Crippen MR) is 65.2 cm³/mol. The van der Waals surface area contributed by atoms with Crippen LogP contribution in [0.2, 0.25) is 0 Å².